The molecule has 0 saturated carbocycles. The Morgan fingerprint density at radius 2 is 1.96 bits per heavy atom. The number of aromatic amines is 1. The molecule has 0 bridgehead atoms. The Morgan fingerprint density at radius 3 is 2.48 bits per heavy atom. The number of carbonyl (C=O) groups excluding carboxylic acids is 1. The van der Waals surface area contributed by atoms with Gasteiger partial charge in [-0.2, -0.15) is 0 Å². The number of aliphatic hydroxyl groups is 1. The van der Waals surface area contributed by atoms with Crippen LogP contribution < -0.4 is 4.57 Å². The number of hydrogen-bond donors (Lipinski definition) is 2. The lowest BCUT2D eigenvalue weighted by atomic mass is 10.2. The standard InChI is InChI=1S/C13H13N3S2.C2H6.CH4O.CH2O.ClH.H2/c1-9-6-16(8-15(9)2)7-10-3-4-11-12(5-10)18-13(17)14-11;3*1-2;;/h3-6,8H,7H2,1-2H3;1-2H3;2H,1H3;1H2;2*1H/p+1. The first-order valence-corrected chi connectivity index (χ1v) is 8.71. The van der Waals surface area contributed by atoms with E-state index in [1.807, 2.05) is 20.6 Å². The van der Waals surface area contributed by atoms with Crippen molar-refractivity contribution in [3.8, 4) is 0 Å². The Labute approximate surface area is 165 Å². The monoisotopic (exact) mass is 406 g/mol. The molecule has 2 aromatic heterocycles. The van der Waals surface area contributed by atoms with Gasteiger partial charge in [-0.1, -0.05) is 19.9 Å². The minimum atomic E-state index is 0. The number of hydrogen-bond acceptors (Lipinski definition) is 4. The number of halogens is 1. The lowest BCUT2D eigenvalue weighted by molar-refractivity contribution is -0.687. The molecular weight excluding hydrogens is 378 g/mol. The van der Waals surface area contributed by atoms with Crippen LogP contribution >= 0.6 is 36.0 Å². The average molecular weight is 407 g/mol. The van der Waals surface area contributed by atoms with E-state index in [1.165, 1.54) is 16.0 Å². The van der Waals surface area contributed by atoms with Crippen molar-refractivity contribution in [2.75, 3.05) is 7.11 Å². The van der Waals surface area contributed by atoms with Gasteiger partial charge in [0, 0.05) is 15.5 Å². The van der Waals surface area contributed by atoms with E-state index >= 15 is 0 Å². The van der Waals surface area contributed by atoms with E-state index in [0.29, 0.717) is 0 Å². The van der Waals surface area contributed by atoms with Crippen molar-refractivity contribution < 1.29 is 15.9 Å². The molecule has 2 N–H and O–H groups in total. The topological polar surface area (TPSA) is 61.9 Å². The predicted octanol–water partition coefficient (Wildman–Crippen LogP) is 4.06. The number of aromatic nitrogens is 3. The lowest BCUT2D eigenvalue weighted by Gasteiger charge is -1.97. The maximum atomic E-state index is 8.00. The van der Waals surface area contributed by atoms with Gasteiger partial charge in [-0.15, -0.1) is 23.7 Å². The third kappa shape index (κ3) is 7.48. The van der Waals surface area contributed by atoms with Gasteiger partial charge in [0.05, 0.1) is 17.3 Å². The molecule has 3 aromatic rings. The number of H-pyrrole nitrogens is 1. The van der Waals surface area contributed by atoms with Crippen molar-refractivity contribution in [1.82, 2.24) is 9.55 Å². The zero-order valence-corrected chi connectivity index (χ0v) is 17.7. The highest BCUT2D eigenvalue weighted by Crippen LogP contribution is 2.20. The molecule has 0 aliphatic rings. The smallest absolute Gasteiger partial charge is 0.244 e. The molecule has 1 aromatic carbocycles. The molecule has 8 heteroatoms. The summed E-state index contributed by atoms with van der Waals surface area (Å²) in [7, 11) is 3.06. The molecule has 25 heavy (non-hydrogen) atoms. The number of imidazole rings is 1. The number of aliphatic hydroxyl groups excluding tert-OH is 1. The summed E-state index contributed by atoms with van der Waals surface area (Å²) in [5.74, 6) is 0. The summed E-state index contributed by atoms with van der Waals surface area (Å²) < 4.78 is 6.39. The second-order valence-electron chi connectivity index (χ2n) is 4.51. The lowest BCUT2D eigenvalue weighted by Crippen LogP contribution is -2.31. The van der Waals surface area contributed by atoms with Crippen LogP contribution in [0.2, 0.25) is 0 Å². The Hall–Kier alpha value is -1.54. The Bertz CT molecular complexity index is 783. The number of benzene rings is 1. The van der Waals surface area contributed by atoms with Gasteiger partial charge in [-0.25, -0.2) is 9.13 Å². The summed E-state index contributed by atoms with van der Waals surface area (Å²) in [5.41, 5.74) is 3.68. The largest absolute Gasteiger partial charge is 0.400 e. The Kier molecular flexibility index (Phi) is 14.1. The third-order valence-corrected chi connectivity index (χ3v) is 4.28. The van der Waals surface area contributed by atoms with Crippen LogP contribution in [-0.2, 0) is 18.4 Å². The van der Waals surface area contributed by atoms with Gasteiger partial charge in [-0.3, -0.25) is 0 Å². The highest BCUT2D eigenvalue weighted by Gasteiger charge is 2.07. The SMILES string of the molecule is C=O.CC.CO.Cc1c[n+](Cc2ccc3[nH]c(=S)sc3c2)cn1C.Cl.[HH]. The second kappa shape index (κ2) is 13.7. The molecule has 0 atom stereocenters. The van der Waals surface area contributed by atoms with E-state index in [0.717, 1.165) is 23.1 Å². The van der Waals surface area contributed by atoms with Crippen molar-refractivity contribution in [2.45, 2.75) is 27.3 Å². The van der Waals surface area contributed by atoms with Gasteiger partial charge in [0.15, 0.2) is 3.95 Å². The van der Waals surface area contributed by atoms with Crippen LogP contribution in [0.5, 0.6) is 0 Å². The van der Waals surface area contributed by atoms with Crippen molar-refractivity contribution in [3.05, 3.63) is 45.9 Å². The molecule has 142 valence electrons. The van der Waals surface area contributed by atoms with Crippen molar-refractivity contribution in [2.24, 2.45) is 7.05 Å². The molecule has 0 saturated heterocycles. The highest BCUT2D eigenvalue weighted by atomic mass is 35.5. The van der Waals surface area contributed by atoms with Crippen LogP contribution in [0.4, 0.5) is 0 Å². The van der Waals surface area contributed by atoms with E-state index < -0.39 is 0 Å². The van der Waals surface area contributed by atoms with E-state index in [2.05, 4.69) is 58.8 Å². The van der Waals surface area contributed by atoms with Crippen molar-refractivity contribution in [3.63, 3.8) is 0 Å². The van der Waals surface area contributed by atoms with E-state index in [4.69, 9.17) is 22.1 Å². The molecule has 0 aliphatic heterocycles. The highest BCUT2D eigenvalue weighted by molar-refractivity contribution is 7.73. The minimum absolute atomic E-state index is 0. The average Bonchev–Trinajstić information content (AvgIpc) is 3.14. The maximum Gasteiger partial charge on any atom is 0.244 e. The Balaban J connectivity index is -0.000000604. The number of aryl methyl sites for hydroxylation is 2. The molecule has 0 spiro atoms. The molecule has 3 rings (SSSR count). The van der Waals surface area contributed by atoms with Crippen LogP contribution in [0, 0.1) is 10.9 Å². The fraction of sp³-hybridized carbons (Fsp3) is 0.353. The third-order valence-electron chi connectivity index (χ3n) is 3.08. The number of nitrogens with zero attached hydrogens (tertiary/aromatic N) is 2. The van der Waals surface area contributed by atoms with E-state index in [1.54, 1.807) is 11.3 Å². The van der Waals surface area contributed by atoms with Crippen molar-refractivity contribution in [1.29, 1.82) is 0 Å². The summed E-state index contributed by atoms with van der Waals surface area (Å²) in [5, 5.41) is 7.00. The maximum absolute atomic E-state index is 8.00. The molecule has 2 heterocycles. The first-order chi connectivity index (χ1) is 11.6. The zero-order valence-electron chi connectivity index (χ0n) is 15.3. The molecule has 0 unspecified atom stereocenters. The molecule has 5 nitrogen and oxygen atoms in total. The second-order valence-corrected chi connectivity index (χ2v) is 6.23. The summed E-state index contributed by atoms with van der Waals surface area (Å²) in [6.45, 7) is 9.00. The first-order valence-electron chi connectivity index (χ1n) is 7.49. The number of rotatable bonds is 2. The molecule has 0 radical (unpaired) electrons. The molecule has 0 fully saturated rings. The number of carbonyl (C=O) groups is 1. The van der Waals surface area contributed by atoms with Gasteiger partial charge >= 0.3 is 0 Å². The number of thiazole rings is 1. The zero-order chi connectivity index (χ0) is 18.7. The van der Waals surface area contributed by atoms with Gasteiger partial charge in [0.2, 0.25) is 6.33 Å². The molecule has 0 amide bonds. The van der Waals surface area contributed by atoms with E-state index in [9.17, 15) is 0 Å². The van der Waals surface area contributed by atoms with Crippen LogP contribution in [0.25, 0.3) is 10.2 Å². The van der Waals surface area contributed by atoms with Crippen LogP contribution in [0.15, 0.2) is 30.7 Å². The van der Waals surface area contributed by atoms with Gasteiger partial charge in [-0.05, 0) is 29.9 Å². The van der Waals surface area contributed by atoms with Gasteiger partial charge < -0.3 is 14.9 Å². The molecular formula is C17H29ClN3O2S2+. The number of fused-ring (bicyclic) bond motifs is 1. The summed E-state index contributed by atoms with van der Waals surface area (Å²) in [6.07, 6.45) is 4.27. The summed E-state index contributed by atoms with van der Waals surface area (Å²) >= 11 is 6.79. The molecule has 0 aliphatic carbocycles. The summed E-state index contributed by atoms with van der Waals surface area (Å²) in [6, 6.07) is 6.46. The van der Waals surface area contributed by atoms with Crippen LogP contribution in [-0.4, -0.2) is 28.6 Å². The Morgan fingerprint density at radius 1 is 1.36 bits per heavy atom. The van der Waals surface area contributed by atoms with Gasteiger partial charge in [0.1, 0.15) is 25.2 Å². The number of nitrogens with one attached hydrogen (secondary N) is 1. The van der Waals surface area contributed by atoms with Crippen LogP contribution in [0.3, 0.4) is 0 Å². The van der Waals surface area contributed by atoms with Crippen LogP contribution in [0.1, 0.15) is 26.5 Å². The quantitative estimate of drug-likeness (QED) is 0.498. The van der Waals surface area contributed by atoms with E-state index in [-0.39, 0.29) is 13.8 Å². The first kappa shape index (κ1) is 25.7. The normalized spacial score (nSPS) is 8.72. The van der Waals surface area contributed by atoms with Gasteiger partial charge in [0.25, 0.3) is 0 Å². The fourth-order valence-corrected chi connectivity index (χ4v) is 3.24. The van der Waals surface area contributed by atoms with Crippen molar-refractivity contribution >= 4 is 53.0 Å². The summed E-state index contributed by atoms with van der Waals surface area (Å²) in [4.78, 5) is 11.2. The predicted molar refractivity (Wildman–Crippen MR) is 112 cm³/mol. The minimum Gasteiger partial charge on any atom is -0.400 e. The fourth-order valence-electron chi connectivity index (χ4n) is 2.06.